The molecule has 4 nitrogen and oxygen atoms in total. The fourth-order valence-electron chi connectivity index (χ4n) is 4.00. The average molecular weight is 464 g/mol. The summed E-state index contributed by atoms with van der Waals surface area (Å²) in [5.74, 6) is -0.740. The van der Waals surface area contributed by atoms with E-state index in [0.29, 0.717) is 23.4 Å². The number of hydrogen-bond acceptors (Lipinski definition) is 3. The molecule has 0 aliphatic carbocycles. The number of Topliss-reactive ketones (excluding diaryl/α,β-unsaturated/α-hetero) is 1. The summed E-state index contributed by atoms with van der Waals surface area (Å²) < 4.78 is 0.861. The second-order valence-corrected chi connectivity index (χ2v) is 8.72. The lowest BCUT2D eigenvalue weighted by atomic mass is 9.88. The van der Waals surface area contributed by atoms with E-state index < -0.39 is 11.5 Å². The van der Waals surface area contributed by atoms with Gasteiger partial charge in [-0.3, -0.25) is 9.59 Å². The molecule has 152 valence electrons. The van der Waals surface area contributed by atoms with E-state index in [-0.39, 0.29) is 12.2 Å². The Morgan fingerprint density at radius 3 is 2.43 bits per heavy atom. The van der Waals surface area contributed by atoms with Crippen LogP contribution in [0.2, 0.25) is 0 Å². The number of anilines is 1. The van der Waals surface area contributed by atoms with Crippen LogP contribution >= 0.6 is 15.9 Å². The highest BCUT2D eigenvalue weighted by molar-refractivity contribution is 9.10. The predicted molar refractivity (Wildman–Crippen MR) is 121 cm³/mol. The number of carbonyl (C=O) groups is 2. The third-order valence-corrected chi connectivity index (χ3v) is 6.18. The van der Waals surface area contributed by atoms with E-state index in [0.717, 1.165) is 21.2 Å². The molecule has 0 saturated carbocycles. The van der Waals surface area contributed by atoms with Crippen molar-refractivity contribution in [3.63, 3.8) is 0 Å². The number of benzene rings is 3. The fourth-order valence-corrected chi connectivity index (χ4v) is 4.26. The number of carbonyl (C=O) groups excluding carboxylic acids is 2. The molecule has 1 aliphatic rings. The summed E-state index contributed by atoms with van der Waals surface area (Å²) in [6.07, 6.45) is -0.298. The number of nitrogens with zero attached hydrogens (tertiary/aromatic N) is 1. The van der Waals surface area contributed by atoms with Crippen LogP contribution in [0.3, 0.4) is 0 Å². The van der Waals surface area contributed by atoms with Gasteiger partial charge in [-0.15, -0.1) is 0 Å². The zero-order chi connectivity index (χ0) is 21.5. The lowest BCUT2D eigenvalue weighted by Crippen LogP contribution is -2.41. The summed E-state index contributed by atoms with van der Waals surface area (Å²) in [5, 5.41) is 11.4. The number of halogens is 1. The smallest absolute Gasteiger partial charge is 0.264 e. The van der Waals surface area contributed by atoms with Crippen LogP contribution in [-0.2, 0) is 16.9 Å². The van der Waals surface area contributed by atoms with Crippen molar-refractivity contribution in [1.82, 2.24) is 0 Å². The van der Waals surface area contributed by atoms with Gasteiger partial charge in [0.25, 0.3) is 5.91 Å². The van der Waals surface area contributed by atoms with Gasteiger partial charge >= 0.3 is 0 Å². The summed E-state index contributed by atoms with van der Waals surface area (Å²) in [7, 11) is 0. The maximum Gasteiger partial charge on any atom is 0.264 e. The van der Waals surface area contributed by atoms with Crippen LogP contribution in [-0.4, -0.2) is 16.8 Å². The minimum Gasteiger partial charge on any atom is -0.375 e. The molecule has 0 spiro atoms. The molecule has 1 atom stereocenters. The van der Waals surface area contributed by atoms with Gasteiger partial charge in [0.1, 0.15) is 0 Å². The van der Waals surface area contributed by atoms with Crippen molar-refractivity contribution in [3.8, 4) is 0 Å². The zero-order valence-electron chi connectivity index (χ0n) is 16.9. The van der Waals surface area contributed by atoms with Crippen molar-refractivity contribution in [3.05, 3.63) is 99.0 Å². The fraction of sp³-hybridized carbons (Fsp3) is 0.200. The Hall–Kier alpha value is -2.76. The standard InChI is InChI=1S/C25H22BrNO3/c1-16-7-8-19(17(2)13-16)15-27-22-6-4-3-5-21(22)25(30,24(27)29)14-23(28)18-9-11-20(26)12-10-18/h3-13,30H,14-15H2,1-2H3. The van der Waals surface area contributed by atoms with Gasteiger partial charge in [-0.2, -0.15) is 0 Å². The monoisotopic (exact) mass is 463 g/mol. The first-order valence-corrected chi connectivity index (χ1v) is 10.6. The van der Waals surface area contributed by atoms with Gasteiger partial charge in [0.05, 0.1) is 18.7 Å². The van der Waals surface area contributed by atoms with E-state index in [1.165, 1.54) is 0 Å². The SMILES string of the molecule is Cc1ccc(CN2C(=O)C(O)(CC(=O)c3ccc(Br)cc3)c3ccccc32)c(C)c1. The van der Waals surface area contributed by atoms with Crippen LogP contribution in [0.4, 0.5) is 5.69 Å². The molecule has 0 aromatic heterocycles. The Balaban J connectivity index is 1.68. The van der Waals surface area contributed by atoms with Gasteiger partial charge in [0, 0.05) is 15.6 Å². The molecule has 1 N–H and O–H groups in total. The highest BCUT2D eigenvalue weighted by Gasteiger charge is 2.50. The molecule has 3 aromatic rings. The molecule has 0 radical (unpaired) electrons. The second-order valence-electron chi connectivity index (χ2n) is 7.81. The van der Waals surface area contributed by atoms with Crippen molar-refractivity contribution in [2.24, 2.45) is 0 Å². The summed E-state index contributed by atoms with van der Waals surface area (Å²) in [5.41, 5.74) is 2.96. The van der Waals surface area contributed by atoms with Crippen molar-refractivity contribution < 1.29 is 14.7 Å². The number of aliphatic hydroxyl groups is 1. The molecule has 0 fully saturated rings. The summed E-state index contributed by atoms with van der Waals surface area (Å²) in [4.78, 5) is 27.9. The first-order valence-electron chi connectivity index (χ1n) is 9.78. The largest absolute Gasteiger partial charge is 0.375 e. The maximum atomic E-state index is 13.4. The van der Waals surface area contributed by atoms with Crippen molar-refractivity contribution in [2.75, 3.05) is 4.90 Å². The zero-order valence-corrected chi connectivity index (χ0v) is 18.4. The molecule has 0 saturated heterocycles. The molecule has 4 rings (SSSR count). The van der Waals surface area contributed by atoms with E-state index in [9.17, 15) is 14.7 Å². The number of rotatable bonds is 5. The second kappa shape index (κ2) is 7.82. The van der Waals surface area contributed by atoms with E-state index in [1.54, 1.807) is 41.3 Å². The summed E-state index contributed by atoms with van der Waals surface area (Å²) in [6.45, 7) is 4.38. The molecule has 1 amide bonds. The van der Waals surface area contributed by atoms with Crippen LogP contribution in [0.5, 0.6) is 0 Å². The van der Waals surface area contributed by atoms with Crippen molar-refractivity contribution in [1.29, 1.82) is 0 Å². The van der Waals surface area contributed by atoms with Gasteiger partial charge in [0.2, 0.25) is 0 Å². The normalized spacial score (nSPS) is 17.9. The number of hydrogen-bond donors (Lipinski definition) is 1. The van der Waals surface area contributed by atoms with Gasteiger partial charge in [0.15, 0.2) is 11.4 Å². The predicted octanol–water partition coefficient (Wildman–Crippen LogP) is 5.07. The number of fused-ring (bicyclic) bond motifs is 1. The highest BCUT2D eigenvalue weighted by Crippen LogP contribution is 2.43. The van der Waals surface area contributed by atoms with E-state index in [1.807, 2.05) is 38.1 Å². The lowest BCUT2D eigenvalue weighted by Gasteiger charge is -2.23. The third kappa shape index (κ3) is 3.59. The first-order chi connectivity index (χ1) is 14.3. The van der Waals surface area contributed by atoms with Gasteiger partial charge in [-0.1, -0.05) is 70.0 Å². The molecule has 3 aromatic carbocycles. The molecular formula is C25H22BrNO3. The average Bonchev–Trinajstić information content (AvgIpc) is 2.92. The Labute approximate surface area is 184 Å². The molecule has 0 bridgehead atoms. The molecule has 1 heterocycles. The molecule has 1 aliphatic heterocycles. The highest BCUT2D eigenvalue weighted by atomic mass is 79.9. The van der Waals surface area contributed by atoms with Crippen molar-refractivity contribution >= 4 is 33.3 Å². The van der Waals surface area contributed by atoms with Gasteiger partial charge in [-0.25, -0.2) is 0 Å². The summed E-state index contributed by atoms with van der Waals surface area (Å²) >= 11 is 3.35. The summed E-state index contributed by atoms with van der Waals surface area (Å²) in [6, 6.07) is 20.2. The van der Waals surface area contributed by atoms with E-state index in [4.69, 9.17) is 0 Å². The molecule has 30 heavy (non-hydrogen) atoms. The van der Waals surface area contributed by atoms with Crippen molar-refractivity contribution in [2.45, 2.75) is 32.4 Å². The van der Waals surface area contributed by atoms with Crippen LogP contribution in [0.25, 0.3) is 0 Å². The van der Waals surface area contributed by atoms with Gasteiger partial charge < -0.3 is 10.0 Å². The van der Waals surface area contributed by atoms with Crippen LogP contribution in [0, 0.1) is 13.8 Å². The molecule has 1 unspecified atom stereocenters. The number of aryl methyl sites for hydroxylation is 2. The number of amides is 1. The van der Waals surface area contributed by atoms with Crippen LogP contribution < -0.4 is 4.90 Å². The maximum absolute atomic E-state index is 13.4. The van der Waals surface area contributed by atoms with Crippen LogP contribution in [0.15, 0.2) is 71.2 Å². The third-order valence-electron chi connectivity index (χ3n) is 5.65. The topological polar surface area (TPSA) is 57.6 Å². The van der Waals surface area contributed by atoms with Crippen LogP contribution in [0.1, 0.15) is 39.0 Å². The van der Waals surface area contributed by atoms with E-state index in [2.05, 4.69) is 22.0 Å². The Kier molecular flexibility index (Phi) is 5.35. The minimum absolute atomic E-state index is 0.276. The Morgan fingerprint density at radius 2 is 1.73 bits per heavy atom. The Morgan fingerprint density at radius 1 is 1.03 bits per heavy atom. The molecular weight excluding hydrogens is 442 g/mol. The number of para-hydroxylation sites is 1. The Bertz CT molecular complexity index is 1140. The number of ketones is 1. The minimum atomic E-state index is -1.88. The molecule has 5 heteroatoms. The first kappa shape index (κ1) is 20.5. The quantitative estimate of drug-likeness (QED) is 0.537. The van der Waals surface area contributed by atoms with E-state index >= 15 is 0 Å². The van der Waals surface area contributed by atoms with Gasteiger partial charge in [-0.05, 0) is 43.2 Å². The lowest BCUT2D eigenvalue weighted by molar-refractivity contribution is -0.136.